The molecular formula is C33H41ClF2N6O2. The zero-order valence-electron chi connectivity index (χ0n) is 26.5. The summed E-state index contributed by atoms with van der Waals surface area (Å²) in [6.45, 7) is 14.3. The molecule has 1 spiro atoms. The standard InChI is InChI=1S/C33H41ClF2N6O2/c1-19-25(34)15-22-27(39-19)33(44-28(22)32(5,6)30-37-18-38-40(30)7)10-12-41(13-11-33)29(43)24-17-42(31(2,3)4)16-23(24)21-9-8-20(35)14-26(21)36/h8-9,14-15,18,23-24,28H,10-13,16-17H2,1-7H3. The summed E-state index contributed by atoms with van der Waals surface area (Å²) in [5, 5.41) is 4.87. The summed E-state index contributed by atoms with van der Waals surface area (Å²) in [5.41, 5.74) is 1.52. The predicted molar refractivity (Wildman–Crippen MR) is 163 cm³/mol. The maximum absolute atomic E-state index is 15.0. The summed E-state index contributed by atoms with van der Waals surface area (Å²) in [5.74, 6) is -1.25. The van der Waals surface area contributed by atoms with Gasteiger partial charge in [0, 0.05) is 56.3 Å². The number of hydrogen-bond acceptors (Lipinski definition) is 6. The van der Waals surface area contributed by atoms with Crippen LogP contribution in [-0.4, -0.2) is 67.2 Å². The van der Waals surface area contributed by atoms with Crippen LogP contribution in [0.4, 0.5) is 8.78 Å². The number of fused-ring (bicyclic) bond motifs is 2. The van der Waals surface area contributed by atoms with Gasteiger partial charge in [0.2, 0.25) is 5.91 Å². The Balaban J connectivity index is 1.28. The van der Waals surface area contributed by atoms with Crippen LogP contribution in [0.5, 0.6) is 0 Å². The monoisotopic (exact) mass is 626 g/mol. The Labute approximate surface area is 262 Å². The molecule has 3 aliphatic rings. The molecule has 3 aliphatic heterocycles. The second-order valence-corrected chi connectivity index (χ2v) is 14.6. The van der Waals surface area contributed by atoms with Gasteiger partial charge in [-0.25, -0.2) is 13.8 Å². The Bertz CT molecular complexity index is 1590. The predicted octanol–water partition coefficient (Wildman–Crippen LogP) is 5.83. The summed E-state index contributed by atoms with van der Waals surface area (Å²) in [7, 11) is 1.87. The van der Waals surface area contributed by atoms with E-state index in [-0.39, 0.29) is 23.5 Å². The van der Waals surface area contributed by atoms with Gasteiger partial charge in [-0.15, -0.1) is 0 Å². The number of rotatable bonds is 4. The summed E-state index contributed by atoms with van der Waals surface area (Å²) < 4.78 is 37.6. The number of carbonyl (C=O) groups excluding carboxylic acids is 1. The van der Waals surface area contributed by atoms with Crippen LogP contribution < -0.4 is 0 Å². The summed E-state index contributed by atoms with van der Waals surface area (Å²) in [6, 6.07) is 5.65. The lowest BCUT2D eigenvalue weighted by Gasteiger charge is -2.41. The molecule has 8 nitrogen and oxygen atoms in total. The third kappa shape index (κ3) is 5.12. The average molecular weight is 627 g/mol. The van der Waals surface area contributed by atoms with Crippen molar-refractivity contribution in [3.05, 3.63) is 75.6 Å². The number of carbonyl (C=O) groups is 1. The second-order valence-electron chi connectivity index (χ2n) is 14.2. The van der Waals surface area contributed by atoms with Crippen molar-refractivity contribution in [2.45, 2.75) is 83.0 Å². The largest absolute Gasteiger partial charge is 0.359 e. The lowest BCUT2D eigenvalue weighted by Crippen LogP contribution is -2.49. The minimum Gasteiger partial charge on any atom is -0.359 e. The van der Waals surface area contributed by atoms with Gasteiger partial charge in [-0.2, -0.15) is 5.10 Å². The van der Waals surface area contributed by atoms with Crippen molar-refractivity contribution < 1.29 is 18.3 Å². The van der Waals surface area contributed by atoms with Crippen LogP contribution in [0, 0.1) is 24.5 Å². The lowest BCUT2D eigenvalue weighted by molar-refractivity contribution is -0.152. The number of likely N-dealkylation sites (tertiary alicyclic amines) is 2. The topological polar surface area (TPSA) is 76.4 Å². The SMILES string of the molecule is Cc1nc2c(cc1Cl)C(C(C)(C)c1ncnn1C)OC21CCN(C(=O)C2CN(C(C)(C)C)CC2c2ccc(F)cc2F)CC1. The van der Waals surface area contributed by atoms with Gasteiger partial charge in [0.1, 0.15) is 29.4 Å². The van der Waals surface area contributed by atoms with Gasteiger partial charge >= 0.3 is 0 Å². The van der Waals surface area contributed by atoms with Gasteiger partial charge in [-0.05, 0) is 72.1 Å². The molecule has 0 aliphatic carbocycles. The number of hydrogen-bond donors (Lipinski definition) is 0. The van der Waals surface area contributed by atoms with E-state index < -0.39 is 28.6 Å². The van der Waals surface area contributed by atoms with Crippen LogP contribution in [0.2, 0.25) is 5.02 Å². The van der Waals surface area contributed by atoms with Gasteiger partial charge < -0.3 is 9.64 Å². The molecule has 3 unspecified atom stereocenters. The molecule has 1 aromatic carbocycles. The highest BCUT2D eigenvalue weighted by molar-refractivity contribution is 6.31. The Morgan fingerprint density at radius 1 is 1.07 bits per heavy atom. The van der Waals surface area contributed by atoms with E-state index in [9.17, 15) is 9.18 Å². The fourth-order valence-electron chi connectivity index (χ4n) is 7.43. The highest BCUT2D eigenvalue weighted by atomic mass is 35.5. The first-order chi connectivity index (χ1) is 20.6. The molecule has 11 heteroatoms. The minimum atomic E-state index is -0.683. The Morgan fingerprint density at radius 3 is 2.39 bits per heavy atom. The quantitative estimate of drug-likeness (QED) is 0.363. The van der Waals surface area contributed by atoms with Crippen LogP contribution >= 0.6 is 11.6 Å². The molecule has 6 rings (SSSR count). The molecule has 3 atom stereocenters. The first kappa shape index (κ1) is 31.0. The smallest absolute Gasteiger partial charge is 0.227 e. The van der Waals surface area contributed by atoms with Gasteiger partial charge in [-0.3, -0.25) is 19.4 Å². The van der Waals surface area contributed by atoms with Crippen LogP contribution in [0.3, 0.4) is 0 Å². The Kier molecular flexibility index (Phi) is 7.65. The minimum absolute atomic E-state index is 0.00486. The van der Waals surface area contributed by atoms with E-state index in [1.54, 1.807) is 11.0 Å². The molecule has 1 amide bonds. The van der Waals surface area contributed by atoms with Crippen molar-refractivity contribution in [1.29, 1.82) is 0 Å². The highest BCUT2D eigenvalue weighted by Crippen LogP contribution is 2.55. The second kappa shape index (κ2) is 10.8. The first-order valence-electron chi connectivity index (χ1n) is 15.3. The molecule has 0 radical (unpaired) electrons. The van der Waals surface area contributed by atoms with Crippen molar-refractivity contribution in [2.24, 2.45) is 13.0 Å². The van der Waals surface area contributed by atoms with Gasteiger partial charge in [-0.1, -0.05) is 17.7 Å². The molecule has 2 aromatic heterocycles. The third-order valence-electron chi connectivity index (χ3n) is 10.0. The van der Waals surface area contributed by atoms with Crippen LogP contribution in [0.15, 0.2) is 30.6 Å². The average Bonchev–Trinajstić information content (AvgIpc) is 3.66. The maximum Gasteiger partial charge on any atom is 0.227 e. The summed E-state index contributed by atoms with van der Waals surface area (Å²) >= 11 is 6.60. The molecule has 44 heavy (non-hydrogen) atoms. The molecule has 0 saturated carbocycles. The number of nitrogens with zero attached hydrogens (tertiary/aromatic N) is 6. The van der Waals surface area contributed by atoms with Gasteiger partial charge in [0.05, 0.1) is 33.8 Å². The number of pyridine rings is 1. The van der Waals surface area contributed by atoms with Crippen LogP contribution in [-0.2, 0) is 27.6 Å². The fraction of sp³-hybridized carbons (Fsp3) is 0.576. The Hall–Kier alpha value is -2.95. The molecule has 3 aromatic rings. The van der Waals surface area contributed by atoms with E-state index in [2.05, 4.69) is 49.6 Å². The van der Waals surface area contributed by atoms with Crippen molar-refractivity contribution in [3.8, 4) is 0 Å². The van der Waals surface area contributed by atoms with Crippen molar-refractivity contribution in [2.75, 3.05) is 26.2 Å². The van der Waals surface area contributed by atoms with Crippen LogP contribution in [0.1, 0.15) is 87.8 Å². The van der Waals surface area contributed by atoms with Crippen molar-refractivity contribution >= 4 is 17.5 Å². The number of benzene rings is 1. The van der Waals surface area contributed by atoms with E-state index in [0.717, 1.165) is 28.8 Å². The molecular weight excluding hydrogens is 586 g/mol. The van der Waals surface area contributed by atoms with Crippen molar-refractivity contribution in [1.82, 2.24) is 29.5 Å². The molecule has 2 saturated heterocycles. The molecule has 236 valence electrons. The van der Waals surface area contributed by atoms with E-state index in [1.165, 1.54) is 12.1 Å². The summed E-state index contributed by atoms with van der Waals surface area (Å²) in [4.78, 5) is 27.8. The zero-order valence-corrected chi connectivity index (χ0v) is 27.3. The molecule has 0 N–H and O–H groups in total. The third-order valence-corrected chi connectivity index (χ3v) is 10.4. The first-order valence-corrected chi connectivity index (χ1v) is 15.7. The van der Waals surface area contributed by atoms with Gasteiger partial charge in [0.25, 0.3) is 0 Å². The highest BCUT2D eigenvalue weighted by Gasteiger charge is 2.55. The number of ether oxygens (including phenoxy) is 1. The zero-order chi connectivity index (χ0) is 31.8. The summed E-state index contributed by atoms with van der Waals surface area (Å²) in [6.07, 6.45) is 2.31. The molecule has 5 heterocycles. The molecule has 2 fully saturated rings. The van der Waals surface area contributed by atoms with Crippen LogP contribution in [0.25, 0.3) is 0 Å². The van der Waals surface area contributed by atoms with E-state index in [1.807, 2.05) is 24.9 Å². The van der Waals surface area contributed by atoms with Crippen molar-refractivity contribution in [3.63, 3.8) is 0 Å². The van der Waals surface area contributed by atoms with Gasteiger partial charge in [0.15, 0.2) is 0 Å². The lowest BCUT2D eigenvalue weighted by atomic mass is 9.80. The van der Waals surface area contributed by atoms with E-state index in [0.29, 0.717) is 49.6 Å². The number of aromatic nitrogens is 4. The molecule has 0 bridgehead atoms. The fourth-order valence-corrected chi connectivity index (χ4v) is 7.59. The number of piperidine rings is 1. The number of amides is 1. The maximum atomic E-state index is 15.0. The Morgan fingerprint density at radius 2 is 1.77 bits per heavy atom. The van der Waals surface area contributed by atoms with E-state index >= 15 is 4.39 Å². The number of halogens is 3. The number of aryl methyl sites for hydroxylation is 2. The normalized spacial score (nSPS) is 23.9. The van der Waals surface area contributed by atoms with E-state index in [4.69, 9.17) is 21.3 Å².